The number of nitrogens with zero attached hydrogens (tertiary/aromatic N) is 1. The first-order chi connectivity index (χ1) is 9.13. The molecule has 0 saturated heterocycles. The highest BCUT2D eigenvalue weighted by Gasteiger charge is 2.22. The lowest BCUT2D eigenvalue weighted by Gasteiger charge is -2.25. The zero-order valence-corrected chi connectivity index (χ0v) is 13.2. The van der Waals surface area contributed by atoms with Crippen LogP contribution in [0.1, 0.15) is 25.8 Å². The topological polar surface area (TPSA) is 40.5 Å². The number of rotatable bonds is 7. The van der Waals surface area contributed by atoms with Crippen molar-refractivity contribution in [2.45, 2.75) is 26.7 Å². The summed E-state index contributed by atoms with van der Waals surface area (Å²) in [6.45, 7) is 5.06. The molecule has 0 heterocycles. The highest BCUT2D eigenvalue weighted by molar-refractivity contribution is 9.10. The Balaban J connectivity index is 2.77. The Morgan fingerprint density at radius 2 is 2.05 bits per heavy atom. The summed E-state index contributed by atoms with van der Waals surface area (Å²) in [4.78, 5) is 14.1. The van der Waals surface area contributed by atoms with Crippen LogP contribution in [0.5, 0.6) is 0 Å². The lowest BCUT2D eigenvalue weighted by Crippen LogP contribution is -2.38. The van der Waals surface area contributed by atoms with Gasteiger partial charge in [0.15, 0.2) is 0 Å². The van der Waals surface area contributed by atoms with E-state index in [0.717, 1.165) is 22.9 Å². The molecule has 0 bridgehead atoms. The first-order valence-corrected chi connectivity index (χ1v) is 7.56. The molecule has 1 atom stereocenters. The molecule has 0 aliphatic rings. The van der Waals surface area contributed by atoms with E-state index >= 15 is 0 Å². The van der Waals surface area contributed by atoms with Crippen LogP contribution in [0.4, 0.5) is 0 Å². The van der Waals surface area contributed by atoms with E-state index in [4.69, 9.17) is 5.11 Å². The number of amides is 1. The van der Waals surface area contributed by atoms with E-state index in [9.17, 15) is 4.79 Å². The first kappa shape index (κ1) is 16.2. The Morgan fingerprint density at radius 1 is 1.37 bits per heavy atom. The normalized spacial score (nSPS) is 12.2. The molecule has 0 saturated carbocycles. The molecule has 1 aromatic rings. The average molecular weight is 328 g/mol. The minimum atomic E-state index is -0.0230. The number of aliphatic hydroxyl groups is 1. The quantitative estimate of drug-likeness (QED) is 0.836. The Kier molecular flexibility index (Phi) is 7.10. The third kappa shape index (κ3) is 4.62. The number of carbonyl (C=O) groups is 1. The highest BCUT2D eigenvalue weighted by Crippen LogP contribution is 2.22. The molecule has 1 N–H and O–H groups in total. The van der Waals surface area contributed by atoms with E-state index in [2.05, 4.69) is 15.9 Å². The molecule has 1 unspecified atom stereocenters. The van der Waals surface area contributed by atoms with Gasteiger partial charge in [-0.25, -0.2) is 0 Å². The fraction of sp³-hybridized carbons (Fsp3) is 0.533. The minimum absolute atomic E-state index is 0.0189. The maximum Gasteiger partial charge on any atom is 0.226 e. The molecular formula is C15H22BrNO2. The molecule has 0 aromatic heterocycles. The van der Waals surface area contributed by atoms with Crippen LogP contribution < -0.4 is 0 Å². The molecule has 0 aliphatic carbocycles. The average Bonchev–Trinajstić information content (AvgIpc) is 2.43. The molecule has 1 aromatic carbocycles. The molecule has 3 nitrogen and oxygen atoms in total. The van der Waals surface area contributed by atoms with Crippen molar-refractivity contribution in [1.82, 2.24) is 4.90 Å². The third-order valence-electron chi connectivity index (χ3n) is 3.33. The lowest BCUT2D eigenvalue weighted by molar-refractivity contribution is -0.135. The Labute approximate surface area is 123 Å². The number of likely N-dealkylation sites (N-methyl/N-ethyl adjacent to an activating group) is 1. The van der Waals surface area contributed by atoms with Crippen molar-refractivity contribution in [2.75, 3.05) is 19.7 Å². The number of hydrogen-bond donors (Lipinski definition) is 1. The molecule has 1 rings (SSSR count). The van der Waals surface area contributed by atoms with Crippen molar-refractivity contribution < 1.29 is 9.90 Å². The van der Waals surface area contributed by atoms with Gasteiger partial charge in [0.2, 0.25) is 5.91 Å². The van der Waals surface area contributed by atoms with E-state index < -0.39 is 0 Å². The first-order valence-electron chi connectivity index (χ1n) is 6.77. The Morgan fingerprint density at radius 3 is 2.58 bits per heavy atom. The van der Waals surface area contributed by atoms with Gasteiger partial charge in [-0.15, -0.1) is 0 Å². The largest absolute Gasteiger partial charge is 0.395 e. The van der Waals surface area contributed by atoms with Gasteiger partial charge in [-0.3, -0.25) is 4.79 Å². The minimum Gasteiger partial charge on any atom is -0.395 e. The summed E-state index contributed by atoms with van der Waals surface area (Å²) in [6.07, 6.45) is 1.54. The molecule has 19 heavy (non-hydrogen) atoms. The predicted molar refractivity (Wildman–Crippen MR) is 81.0 cm³/mol. The van der Waals surface area contributed by atoms with Crippen LogP contribution >= 0.6 is 15.9 Å². The van der Waals surface area contributed by atoms with Crippen molar-refractivity contribution in [1.29, 1.82) is 0 Å². The maximum atomic E-state index is 12.4. The van der Waals surface area contributed by atoms with Crippen molar-refractivity contribution in [3.05, 3.63) is 34.3 Å². The SMILES string of the molecule is CCC(Cc1ccccc1Br)C(=O)N(CC)CCO. The Hall–Kier alpha value is -0.870. The molecule has 0 radical (unpaired) electrons. The summed E-state index contributed by atoms with van der Waals surface area (Å²) in [5, 5.41) is 9.00. The third-order valence-corrected chi connectivity index (χ3v) is 4.10. The molecule has 0 spiro atoms. The Bertz CT molecular complexity index is 409. The van der Waals surface area contributed by atoms with Gasteiger partial charge in [0.05, 0.1) is 6.61 Å². The van der Waals surface area contributed by atoms with Crippen LogP contribution in [0.15, 0.2) is 28.7 Å². The van der Waals surface area contributed by atoms with Crippen molar-refractivity contribution in [3.63, 3.8) is 0 Å². The smallest absolute Gasteiger partial charge is 0.226 e. The summed E-state index contributed by atoms with van der Waals surface area (Å²) < 4.78 is 1.05. The standard InChI is InChI=1S/C15H22BrNO2/c1-3-12(15(19)17(4-2)9-10-18)11-13-7-5-6-8-14(13)16/h5-8,12,18H,3-4,9-11H2,1-2H3. The van der Waals surface area contributed by atoms with Crippen LogP contribution in [-0.2, 0) is 11.2 Å². The summed E-state index contributed by atoms with van der Waals surface area (Å²) >= 11 is 3.52. The van der Waals surface area contributed by atoms with Gasteiger partial charge in [-0.1, -0.05) is 41.1 Å². The number of aliphatic hydroxyl groups excluding tert-OH is 1. The van der Waals surface area contributed by atoms with E-state index in [1.165, 1.54) is 0 Å². The van der Waals surface area contributed by atoms with Crippen LogP contribution in [0.25, 0.3) is 0 Å². The summed E-state index contributed by atoms with van der Waals surface area (Å²) in [7, 11) is 0. The molecular weight excluding hydrogens is 306 g/mol. The van der Waals surface area contributed by atoms with E-state index in [-0.39, 0.29) is 18.4 Å². The van der Waals surface area contributed by atoms with Gasteiger partial charge < -0.3 is 10.0 Å². The van der Waals surface area contributed by atoms with Gasteiger partial charge in [-0.05, 0) is 31.4 Å². The van der Waals surface area contributed by atoms with Crippen LogP contribution in [0.2, 0.25) is 0 Å². The molecule has 106 valence electrons. The zero-order chi connectivity index (χ0) is 14.3. The van der Waals surface area contributed by atoms with E-state index in [0.29, 0.717) is 13.1 Å². The second-order valence-electron chi connectivity index (χ2n) is 4.54. The van der Waals surface area contributed by atoms with Crippen LogP contribution in [0, 0.1) is 5.92 Å². The van der Waals surface area contributed by atoms with Gasteiger partial charge in [-0.2, -0.15) is 0 Å². The number of halogens is 1. The molecule has 0 fully saturated rings. The zero-order valence-electron chi connectivity index (χ0n) is 11.6. The van der Waals surface area contributed by atoms with Crippen LogP contribution in [0.3, 0.4) is 0 Å². The lowest BCUT2D eigenvalue weighted by atomic mass is 9.95. The second kappa shape index (κ2) is 8.33. The van der Waals surface area contributed by atoms with Crippen molar-refractivity contribution in [2.24, 2.45) is 5.92 Å². The molecule has 4 heteroatoms. The fourth-order valence-corrected chi connectivity index (χ4v) is 2.59. The molecule has 1 amide bonds. The van der Waals surface area contributed by atoms with Crippen LogP contribution in [-0.4, -0.2) is 35.6 Å². The number of carbonyl (C=O) groups excluding carboxylic acids is 1. The van der Waals surface area contributed by atoms with Gasteiger partial charge in [0, 0.05) is 23.5 Å². The van der Waals surface area contributed by atoms with Gasteiger partial charge >= 0.3 is 0 Å². The number of benzene rings is 1. The van der Waals surface area contributed by atoms with Gasteiger partial charge in [0.25, 0.3) is 0 Å². The summed E-state index contributed by atoms with van der Waals surface area (Å²) in [6, 6.07) is 8.00. The summed E-state index contributed by atoms with van der Waals surface area (Å²) in [5.41, 5.74) is 1.16. The second-order valence-corrected chi connectivity index (χ2v) is 5.40. The van der Waals surface area contributed by atoms with Crippen molar-refractivity contribution in [3.8, 4) is 0 Å². The highest BCUT2D eigenvalue weighted by atomic mass is 79.9. The van der Waals surface area contributed by atoms with E-state index in [1.54, 1.807) is 4.90 Å². The maximum absolute atomic E-state index is 12.4. The summed E-state index contributed by atoms with van der Waals surface area (Å²) in [5.74, 6) is 0.111. The molecule has 0 aliphatic heterocycles. The number of hydrogen-bond acceptors (Lipinski definition) is 2. The predicted octanol–water partition coefficient (Wildman–Crippen LogP) is 2.86. The fourth-order valence-electron chi connectivity index (χ4n) is 2.14. The monoisotopic (exact) mass is 327 g/mol. The van der Waals surface area contributed by atoms with Gasteiger partial charge in [0.1, 0.15) is 0 Å². The van der Waals surface area contributed by atoms with Crippen molar-refractivity contribution >= 4 is 21.8 Å². The van der Waals surface area contributed by atoms with E-state index in [1.807, 2.05) is 38.1 Å².